The van der Waals surface area contributed by atoms with Crippen LogP contribution in [0.25, 0.3) is 12.2 Å². The van der Waals surface area contributed by atoms with Gasteiger partial charge in [0.05, 0.1) is 5.57 Å². The Morgan fingerprint density at radius 1 is 0.795 bits per heavy atom. The maximum Gasteiger partial charge on any atom is 0.336 e. The molecule has 0 radical (unpaired) electrons. The molecule has 1 heterocycles. The molecule has 44 heavy (non-hydrogen) atoms. The third kappa shape index (κ3) is 9.03. The number of phenols is 4. The normalized spacial score (nSPS) is 22.4. The number of esters is 3. The maximum absolute atomic E-state index is 12.4. The van der Waals surface area contributed by atoms with Crippen molar-refractivity contribution in [3.63, 3.8) is 0 Å². The van der Waals surface area contributed by atoms with Gasteiger partial charge in [-0.3, -0.25) is 0 Å². The van der Waals surface area contributed by atoms with Crippen molar-refractivity contribution in [2.75, 3.05) is 13.2 Å². The number of aliphatic hydroxyl groups excluding tert-OH is 4. The van der Waals surface area contributed by atoms with E-state index in [0.717, 1.165) is 18.2 Å². The minimum Gasteiger partial charge on any atom is -0.504 e. The number of carbonyl (C=O) groups is 3. The molecule has 0 aliphatic carbocycles. The van der Waals surface area contributed by atoms with E-state index in [1.807, 2.05) is 0 Å². The molecule has 0 spiro atoms. The van der Waals surface area contributed by atoms with E-state index in [1.54, 1.807) is 0 Å². The molecule has 6 unspecified atom stereocenters. The summed E-state index contributed by atoms with van der Waals surface area (Å²) in [7, 11) is 0. The van der Waals surface area contributed by atoms with Crippen molar-refractivity contribution in [2.45, 2.75) is 36.8 Å². The highest BCUT2D eigenvalue weighted by Gasteiger charge is 2.46. The predicted octanol–water partition coefficient (Wildman–Crippen LogP) is -0.410. The van der Waals surface area contributed by atoms with Gasteiger partial charge in [0.15, 0.2) is 23.0 Å². The molecule has 236 valence electrons. The molecule has 0 amide bonds. The molecule has 0 aromatic heterocycles. The lowest BCUT2D eigenvalue weighted by Crippen LogP contribution is -2.59. The molecule has 2 aromatic carbocycles. The second-order valence-electron chi connectivity index (χ2n) is 9.38. The molecular weight excluding hydrogens is 588 g/mol. The van der Waals surface area contributed by atoms with Gasteiger partial charge >= 0.3 is 17.9 Å². The zero-order chi connectivity index (χ0) is 32.6. The van der Waals surface area contributed by atoms with E-state index in [9.17, 15) is 55.2 Å². The average molecular weight is 619 g/mol. The summed E-state index contributed by atoms with van der Waals surface area (Å²) in [5, 5.41) is 78.4. The van der Waals surface area contributed by atoms with Crippen LogP contribution in [0, 0.1) is 0 Å². The van der Waals surface area contributed by atoms with Gasteiger partial charge in [-0.15, -0.1) is 0 Å². The zero-order valence-corrected chi connectivity index (χ0v) is 22.8. The molecule has 8 N–H and O–H groups in total. The number of ether oxygens (including phenoxy) is 4. The summed E-state index contributed by atoms with van der Waals surface area (Å²) in [6.07, 6.45) is -6.19. The summed E-state index contributed by atoms with van der Waals surface area (Å²) in [5.41, 5.74) is 0.134. The van der Waals surface area contributed by atoms with Crippen LogP contribution in [0.3, 0.4) is 0 Å². The van der Waals surface area contributed by atoms with Gasteiger partial charge in [0.25, 0.3) is 0 Å². The molecule has 3 rings (SSSR count). The Labute approximate surface area is 249 Å². The Balaban J connectivity index is 1.49. The van der Waals surface area contributed by atoms with E-state index in [2.05, 4.69) is 6.58 Å². The molecule has 1 saturated heterocycles. The van der Waals surface area contributed by atoms with Gasteiger partial charge in [-0.1, -0.05) is 18.7 Å². The van der Waals surface area contributed by atoms with E-state index in [1.165, 1.54) is 42.5 Å². The van der Waals surface area contributed by atoms with Crippen molar-refractivity contribution in [3.05, 3.63) is 71.8 Å². The number of hydrogen-bond donors (Lipinski definition) is 8. The van der Waals surface area contributed by atoms with Gasteiger partial charge in [0.1, 0.15) is 43.7 Å². The highest BCUT2D eigenvalue weighted by Crippen LogP contribution is 2.27. The number of rotatable bonds is 11. The first-order valence-electron chi connectivity index (χ1n) is 12.8. The van der Waals surface area contributed by atoms with Crippen LogP contribution in [-0.2, 0) is 33.3 Å². The lowest BCUT2D eigenvalue weighted by atomic mass is 9.99. The van der Waals surface area contributed by atoms with Crippen LogP contribution in [0.15, 0.2) is 60.7 Å². The third-order valence-corrected chi connectivity index (χ3v) is 6.15. The van der Waals surface area contributed by atoms with Crippen molar-refractivity contribution < 1.29 is 74.2 Å². The summed E-state index contributed by atoms with van der Waals surface area (Å²) in [5.74, 6) is -4.71. The molecular formula is C29H30O15. The van der Waals surface area contributed by atoms with Crippen LogP contribution < -0.4 is 0 Å². The highest BCUT2D eigenvalue weighted by atomic mass is 16.7. The van der Waals surface area contributed by atoms with Crippen molar-refractivity contribution in [1.29, 1.82) is 0 Å². The summed E-state index contributed by atoms with van der Waals surface area (Å²) in [6.45, 7) is 1.94. The predicted molar refractivity (Wildman–Crippen MR) is 147 cm³/mol. The minimum absolute atomic E-state index is 0.312. The van der Waals surface area contributed by atoms with Gasteiger partial charge in [0.2, 0.25) is 6.29 Å². The Morgan fingerprint density at radius 3 is 1.89 bits per heavy atom. The fraction of sp³-hybridized carbons (Fsp3) is 0.276. The monoisotopic (exact) mass is 618 g/mol. The van der Waals surface area contributed by atoms with Gasteiger partial charge in [0, 0.05) is 12.2 Å². The summed E-state index contributed by atoms with van der Waals surface area (Å²) in [6, 6.07) is 7.54. The number of benzene rings is 2. The molecule has 0 bridgehead atoms. The Kier molecular flexibility index (Phi) is 11.4. The Morgan fingerprint density at radius 2 is 1.34 bits per heavy atom. The van der Waals surface area contributed by atoms with Crippen LogP contribution in [0.1, 0.15) is 11.1 Å². The van der Waals surface area contributed by atoms with Crippen molar-refractivity contribution in [2.24, 2.45) is 0 Å². The summed E-state index contributed by atoms with van der Waals surface area (Å²) >= 11 is 0. The van der Waals surface area contributed by atoms with Crippen molar-refractivity contribution >= 4 is 30.1 Å². The van der Waals surface area contributed by atoms with E-state index in [-0.39, 0.29) is 11.5 Å². The van der Waals surface area contributed by atoms with Crippen molar-refractivity contribution in [1.82, 2.24) is 0 Å². The molecule has 15 nitrogen and oxygen atoms in total. The standard InChI is InChI=1S/C29H30O15/c1-14(21(34)12-41-23(35)8-4-15-2-6-17(30)19(32)10-15)28(40)42-13-22-25(37)26(38)27(39)29(43-22)44-24(36)9-5-16-3-7-18(31)20(33)11-16/h2-11,21-22,25-27,29-34,37-39H,1,12-13H2. The average Bonchev–Trinajstić information content (AvgIpc) is 3.00. The fourth-order valence-corrected chi connectivity index (χ4v) is 3.62. The number of aromatic hydroxyl groups is 4. The first-order valence-corrected chi connectivity index (χ1v) is 12.8. The lowest BCUT2D eigenvalue weighted by molar-refractivity contribution is -0.291. The van der Waals surface area contributed by atoms with Crippen LogP contribution in [0.2, 0.25) is 0 Å². The van der Waals surface area contributed by atoms with Crippen LogP contribution in [0.5, 0.6) is 23.0 Å². The van der Waals surface area contributed by atoms with E-state index < -0.39 is 85.0 Å². The fourth-order valence-electron chi connectivity index (χ4n) is 3.62. The van der Waals surface area contributed by atoms with E-state index in [4.69, 9.17) is 18.9 Å². The Bertz CT molecular complexity index is 1430. The molecule has 2 aromatic rings. The van der Waals surface area contributed by atoms with Crippen LogP contribution >= 0.6 is 0 Å². The first kappa shape index (κ1) is 33.6. The van der Waals surface area contributed by atoms with Gasteiger partial charge < -0.3 is 59.8 Å². The largest absolute Gasteiger partial charge is 0.504 e. The molecule has 1 fully saturated rings. The van der Waals surface area contributed by atoms with Gasteiger partial charge in [-0.2, -0.15) is 0 Å². The molecule has 15 heteroatoms. The number of hydrogen-bond acceptors (Lipinski definition) is 15. The zero-order valence-electron chi connectivity index (χ0n) is 22.8. The second-order valence-corrected chi connectivity index (χ2v) is 9.38. The molecule has 0 saturated carbocycles. The summed E-state index contributed by atoms with van der Waals surface area (Å²) < 4.78 is 20.1. The highest BCUT2D eigenvalue weighted by molar-refractivity contribution is 5.89. The smallest absolute Gasteiger partial charge is 0.336 e. The third-order valence-electron chi connectivity index (χ3n) is 6.15. The Hall–Kier alpha value is -4.93. The first-order chi connectivity index (χ1) is 20.8. The molecule has 1 aliphatic heterocycles. The molecule has 1 aliphatic rings. The maximum atomic E-state index is 12.4. The minimum atomic E-state index is -1.88. The number of phenolic OH excluding ortho intramolecular Hbond substituents is 4. The SMILES string of the molecule is C=C(C(=O)OCC1OC(OC(=O)C=Cc2ccc(O)c(O)c2)C(O)C(O)C1O)C(O)COC(=O)C=Cc1ccc(O)c(O)c1. The topological polar surface area (TPSA) is 250 Å². The van der Waals surface area contributed by atoms with E-state index >= 15 is 0 Å². The van der Waals surface area contributed by atoms with Gasteiger partial charge in [-0.05, 0) is 47.5 Å². The van der Waals surface area contributed by atoms with E-state index in [0.29, 0.717) is 11.1 Å². The summed E-state index contributed by atoms with van der Waals surface area (Å²) in [4.78, 5) is 36.5. The second kappa shape index (κ2) is 15.0. The van der Waals surface area contributed by atoms with Crippen LogP contribution in [-0.4, -0.2) is 109 Å². The number of aliphatic hydroxyl groups is 4. The quantitative estimate of drug-likeness (QED) is 0.0690. The molecule has 6 atom stereocenters. The van der Waals surface area contributed by atoms with Crippen LogP contribution in [0.4, 0.5) is 0 Å². The lowest BCUT2D eigenvalue weighted by Gasteiger charge is -2.39. The van der Waals surface area contributed by atoms with Gasteiger partial charge in [-0.25, -0.2) is 14.4 Å². The van der Waals surface area contributed by atoms with Crippen molar-refractivity contribution in [3.8, 4) is 23.0 Å². The number of carbonyl (C=O) groups excluding carboxylic acids is 3.